The van der Waals surface area contributed by atoms with Crippen molar-refractivity contribution >= 4 is 23.6 Å². The topological polar surface area (TPSA) is 132 Å². The predicted octanol–water partition coefficient (Wildman–Crippen LogP) is 3.55. The minimum Gasteiger partial charge on any atom is -0.470 e. The third-order valence-corrected chi connectivity index (χ3v) is 6.04. The van der Waals surface area contributed by atoms with Crippen LogP contribution in [0.5, 0.6) is 5.88 Å². The average molecular weight is 576 g/mol. The van der Waals surface area contributed by atoms with Crippen molar-refractivity contribution in [2.24, 2.45) is 4.99 Å². The molecule has 0 spiro atoms. The molecule has 0 saturated heterocycles. The van der Waals surface area contributed by atoms with Crippen LogP contribution in [0.15, 0.2) is 63.0 Å². The van der Waals surface area contributed by atoms with Gasteiger partial charge in [-0.2, -0.15) is 4.98 Å². The first-order valence-electron chi connectivity index (χ1n) is 12.0. The zero-order chi connectivity index (χ0) is 29.8. The summed E-state index contributed by atoms with van der Waals surface area (Å²) in [5, 5.41) is 19.8. The quantitative estimate of drug-likeness (QED) is 0.310. The Bertz CT molecular complexity index is 1620. The monoisotopic (exact) mass is 575 g/mol. The number of aryl methyl sites for hydroxylation is 1. The van der Waals surface area contributed by atoms with E-state index in [4.69, 9.17) is 16.3 Å². The summed E-state index contributed by atoms with van der Waals surface area (Å²) in [4.78, 5) is 38.3. The summed E-state index contributed by atoms with van der Waals surface area (Å²) in [5.74, 6) is -1.88. The Morgan fingerprint density at radius 2 is 2.00 bits per heavy atom. The van der Waals surface area contributed by atoms with Gasteiger partial charge in [0.25, 0.3) is 11.1 Å². The predicted molar refractivity (Wildman–Crippen MR) is 146 cm³/mol. The van der Waals surface area contributed by atoms with Crippen LogP contribution in [0, 0.1) is 18.6 Å². The molecule has 0 fully saturated rings. The molecule has 13 heteroatoms. The van der Waals surface area contributed by atoms with E-state index in [1.165, 1.54) is 56.1 Å². The molecule has 10 nitrogen and oxygen atoms in total. The second-order valence-corrected chi connectivity index (χ2v) is 9.71. The number of aliphatic hydroxyl groups excluding tert-OH is 1. The summed E-state index contributed by atoms with van der Waals surface area (Å²) < 4.78 is 34.6. The van der Waals surface area contributed by atoms with Gasteiger partial charge in [0.05, 0.1) is 17.9 Å². The highest BCUT2D eigenvalue weighted by Gasteiger charge is 2.21. The number of hydrogen-bond acceptors (Lipinski definition) is 8. The number of halogens is 3. The lowest BCUT2D eigenvalue weighted by atomic mass is 10.0. The maximum absolute atomic E-state index is 13.9. The number of rotatable bonds is 8. The Labute approximate surface area is 233 Å². The fourth-order valence-electron chi connectivity index (χ4n) is 3.29. The first kappa shape index (κ1) is 30.5. The molecule has 3 aromatic rings. The summed E-state index contributed by atoms with van der Waals surface area (Å²) in [6.45, 7) is 7.18. The zero-order valence-electron chi connectivity index (χ0n) is 22.4. The van der Waals surface area contributed by atoms with Crippen LogP contribution in [0.25, 0.3) is 6.20 Å². The fraction of sp³-hybridized carbons (Fsp3) is 0.296. The Morgan fingerprint density at radius 3 is 2.62 bits per heavy atom. The Kier molecular flexibility index (Phi) is 9.51. The molecule has 1 atom stereocenters. The van der Waals surface area contributed by atoms with E-state index in [0.717, 1.165) is 10.8 Å². The van der Waals surface area contributed by atoms with E-state index >= 15 is 0 Å². The summed E-state index contributed by atoms with van der Waals surface area (Å²) in [6.07, 6.45) is 5.47. The maximum atomic E-state index is 13.9. The SMILES string of the molecule is C/C(=C/N=C(\C=C\n1c(C)nc(OCc2ncc(F)cc2F)c(Cl)c1=O)n1cccc(C(C)(C)O)c1=O)[C@H](C)O. The third-order valence-electron chi connectivity index (χ3n) is 5.72. The molecular formula is C27H28ClF2N5O5. The smallest absolute Gasteiger partial charge is 0.280 e. The van der Waals surface area contributed by atoms with Crippen molar-refractivity contribution in [3.8, 4) is 5.88 Å². The highest BCUT2D eigenvalue weighted by atomic mass is 35.5. The molecule has 0 saturated carbocycles. The van der Waals surface area contributed by atoms with Gasteiger partial charge in [-0.25, -0.2) is 13.8 Å². The van der Waals surface area contributed by atoms with Crippen LogP contribution in [0.2, 0.25) is 5.02 Å². The maximum Gasteiger partial charge on any atom is 0.280 e. The second-order valence-electron chi connectivity index (χ2n) is 9.33. The number of ether oxygens (including phenoxy) is 1. The summed E-state index contributed by atoms with van der Waals surface area (Å²) in [7, 11) is 0. The van der Waals surface area contributed by atoms with Crippen LogP contribution in [0.3, 0.4) is 0 Å². The van der Waals surface area contributed by atoms with E-state index in [9.17, 15) is 28.6 Å². The Hall–Kier alpha value is -4.00. The van der Waals surface area contributed by atoms with Crippen molar-refractivity contribution in [2.75, 3.05) is 0 Å². The molecule has 0 aromatic carbocycles. The van der Waals surface area contributed by atoms with Crippen LogP contribution in [-0.4, -0.2) is 41.3 Å². The molecular weight excluding hydrogens is 548 g/mol. The zero-order valence-corrected chi connectivity index (χ0v) is 23.1. The van der Waals surface area contributed by atoms with Gasteiger partial charge in [-0.3, -0.25) is 23.7 Å². The van der Waals surface area contributed by atoms with Gasteiger partial charge in [-0.15, -0.1) is 0 Å². The van der Waals surface area contributed by atoms with E-state index in [-0.39, 0.29) is 28.8 Å². The van der Waals surface area contributed by atoms with Crippen LogP contribution < -0.4 is 15.9 Å². The lowest BCUT2D eigenvalue weighted by molar-refractivity contribution is 0.0768. The molecule has 3 rings (SSSR count). The van der Waals surface area contributed by atoms with Gasteiger partial charge in [-0.05, 0) is 58.4 Å². The molecule has 0 aliphatic rings. The lowest BCUT2D eigenvalue weighted by Gasteiger charge is -2.18. The van der Waals surface area contributed by atoms with Crippen LogP contribution in [0.1, 0.15) is 44.8 Å². The van der Waals surface area contributed by atoms with E-state index in [1.54, 1.807) is 19.9 Å². The summed E-state index contributed by atoms with van der Waals surface area (Å²) in [6, 6.07) is 3.69. The van der Waals surface area contributed by atoms with Crippen molar-refractivity contribution < 1.29 is 23.7 Å². The molecule has 0 aliphatic carbocycles. The van der Waals surface area contributed by atoms with Gasteiger partial charge in [0, 0.05) is 30.2 Å². The molecule has 212 valence electrons. The number of allylic oxidation sites excluding steroid dienone is 1. The molecule has 0 aliphatic heterocycles. The normalized spacial score (nSPS) is 13.7. The standard InChI is InChI=1S/C27H28ClF2N5O5/c1-15(16(2)36)12-32-22(35-9-6-7-19(25(35)37)27(4,5)39)8-10-34-17(3)33-24(23(28)26(34)38)40-14-21-20(30)11-18(29)13-31-21/h6-13,16,36,39H,14H2,1-5H3/b10-8+,15-12-,32-22+/t16-/m0/s1. The van der Waals surface area contributed by atoms with Gasteiger partial charge in [0.15, 0.2) is 10.8 Å². The van der Waals surface area contributed by atoms with Crippen LogP contribution >= 0.6 is 11.6 Å². The molecule has 40 heavy (non-hydrogen) atoms. The number of aromatic nitrogens is 4. The molecule has 3 aromatic heterocycles. The molecule has 0 amide bonds. The Morgan fingerprint density at radius 1 is 1.30 bits per heavy atom. The highest BCUT2D eigenvalue weighted by molar-refractivity contribution is 6.31. The molecule has 0 bridgehead atoms. The van der Waals surface area contributed by atoms with E-state index in [2.05, 4.69) is 15.0 Å². The summed E-state index contributed by atoms with van der Waals surface area (Å²) in [5.41, 5.74) is -2.31. The van der Waals surface area contributed by atoms with Gasteiger partial charge < -0.3 is 14.9 Å². The molecule has 2 N–H and O–H groups in total. The highest BCUT2D eigenvalue weighted by Crippen LogP contribution is 2.20. The van der Waals surface area contributed by atoms with Crippen molar-refractivity contribution in [3.05, 3.63) is 103 Å². The molecule has 0 unspecified atom stereocenters. The number of aliphatic hydroxyl groups is 2. The number of pyridine rings is 2. The second kappa shape index (κ2) is 12.5. The van der Waals surface area contributed by atoms with Gasteiger partial charge in [-0.1, -0.05) is 11.6 Å². The molecule has 3 heterocycles. The van der Waals surface area contributed by atoms with E-state index in [0.29, 0.717) is 11.6 Å². The first-order chi connectivity index (χ1) is 18.7. The van der Waals surface area contributed by atoms with Crippen LogP contribution in [-0.2, 0) is 12.2 Å². The van der Waals surface area contributed by atoms with E-state index < -0.39 is 46.1 Å². The van der Waals surface area contributed by atoms with Crippen LogP contribution in [0.4, 0.5) is 8.78 Å². The van der Waals surface area contributed by atoms with Gasteiger partial charge in [0.1, 0.15) is 29.8 Å². The average Bonchev–Trinajstić information content (AvgIpc) is 2.87. The number of nitrogens with zero attached hydrogens (tertiary/aromatic N) is 5. The molecule has 0 radical (unpaired) electrons. The number of hydrogen-bond donors (Lipinski definition) is 2. The fourth-order valence-corrected chi connectivity index (χ4v) is 3.48. The van der Waals surface area contributed by atoms with Crippen molar-refractivity contribution in [3.63, 3.8) is 0 Å². The first-order valence-corrected chi connectivity index (χ1v) is 12.4. The van der Waals surface area contributed by atoms with E-state index in [1.807, 2.05) is 0 Å². The van der Waals surface area contributed by atoms with Crippen molar-refractivity contribution in [1.29, 1.82) is 0 Å². The van der Waals surface area contributed by atoms with Crippen molar-refractivity contribution in [1.82, 2.24) is 19.1 Å². The minimum atomic E-state index is -1.44. The van der Waals surface area contributed by atoms with Crippen molar-refractivity contribution in [2.45, 2.75) is 52.9 Å². The largest absolute Gasteiger partial charge is 0.470 e. The lowest BCUT2D eigenvalue weighted by Crippen LogP contribution is -2.34. The minimum absolute atomic E-state index is 0.0525. The third kappa shape index (κ3) is 7.14. The van der Waals surface area contributed by atoms with Gasteiger partial charge in [0.2, 0.25) is 5.88 Å². The Balaban J connectivity index is 2.03. The summed E-state index contributed by atoms with van der Waals surface area (Å²) >= 11 is 6.19. The van der Waals surface area contributed by atoms with Gasteiger partial charge >= 0.3 is 0 Å². The number of aliphatic imine (C=N–C) groups is 1.